The summed E-state index contributed by atoms with van der Waals surface area (Å²) in [7, 11) is 2.04. The Morgan fingerprint density at radius 1 is 1.56 bits per heavy atom. The van der Waals surface area contributed by atoms with Crippen molar-refractivity contribution in [1.82, 2.24) is 9.88 Å². The molecule has 0 spiro atoms. The van der Waals surface area contributed by atoms with Gasteiger partial charge in [0.15, 0.2) is 0 Å². The van der Waals surface area contributed by atoms with Gasteiger partial charge in [-0.25, -0.2) is 4.98 Å². The van der Waals surface area contributed by atoms with Crippen LogP contribution in [-0.2, 0) is 6.54 Å². The summed E-state index contributed by atoms with van der Waals surface area (Å²) in [6.07, 6.45) is 3.91. The summed E-state index contributed by atoms with van der Waals surface area (Å²) in [5.41, 5.74) is 2.09. The summed E-state index contributed by atoms with van der Waals surface area (Å²) in [5.74, 6) is 0. The molecule has 1 N–H and O–H groups in total. The van der Waals surface area contributed by atoms with Crippen molar-refractivity contribution in [2.45, 2.75) is 26.0 Å². The quantitative estimate of drug-likeness (QED) is 0.873. The lowest BCUT2D eigenvalue weighted by Crippen LogP contribution is -2.22. The maximum absolute atomic E-state index is 9.25. The molecule has 0 amide bonds. The van der Waals surface area contributed by atoms with Crippen LogP contribution in [0, 0.1) is 0 Å². The zero-order valence-corrected chi connectivity index (χ0v) is 11.5. The van der Waals surface area contributed by atoms with Gasteiger partial charge < -0.3 is 14.4 Å². The molecular formula is C13H18N2O2S. The van der Waals surface area contributed by atoms with Crippen LogP contribution in [0.15, 0.2) is 28.4 Å². The Kier molecular flexibility index (Phi) is 4.52. The standard InChI is InChI=1S/C13H18N2O2S/c1-10(16)3-5-15(2)7-12-9-18-13(14-12)11-4-6-17-8-11/h4,6,8-10,16H,3,5,7H2,1-2H3. The van der Waals surface area contributed by atoms with E-state index >= 15 is 0 Å². The number of nitrogens with zero attached hydrogens (tertiary/aromatic N) is 2. The van der Waals surface area contributed by atoms with Gasteiger partial charge in [0.25, 0.3) is 0 Å². The van der Waals surface area contributed by atoms with Crippen LogP contribution in [0.5, 0.6) is 0 Å². The first-order valence-corrected chi connectivity index (χ1v) is 6.86. The summed E-state index contributed by atoms with van der Waals surface area (Å²) in [6, 6.07) is 1.92. The monoisotopic (exact) mass is 266 g/mol. The molecule has 0 radical (unpaired) electrons. The highest BCUT2D eigenvalue weighted by molar-refractivity contribution is 7.13. The van der Waals surface area contributed by atoms with Gasteiger partial charge in [0.2, 0.25) is 0 Å². The number of aliphatic hydroxyl groups is 1. The Labute approximate surface area is 111 Å². The van der Waals surface area contributed by atoms with E-state index in [4.69, 9.17) is 4.42 Å². The first kappa shape index (κ1) is 13.3. The maximum atomic E-state index is 9.25. The lowest BCUT2D eigenvalue weighted by Gasteiger charge is -2.15. The van der Waals surface area contributed by atoms with Gasteiger partial charge in [0, 0.05) is 24.0 Å². The second-order valence-corrected chi connectivity index (χ2v) is 5.39. The molecule has 2 aromatic heterocycles. The van der Waals surface area contributed by atoms with E-state index < -0.39 is 0 Å². The summed E-state index contributed by atoms with van der Waals surface area (Å²) in [4.78, 5) is 6.74. The third-order valence-electron chi connectivity index (χ3n) is 2.68. The molecule has 0 aliphatic rings. The molecule has 18 heavy (non-hydrogen) atoms. The normalized spacial score (nSPS) is 13.1. The predicted octanol–water partition coefficient (Wildman–Crippen LogP) is 2.61. The van der Waals surface area contributed by atoms with Crippen molar-refractivity contribution in [1.29, 1.82) is 0 Å². The first-order valence-electron chi connectivity index (χ1n) is 5.98. The Bertz CT molecular complexity index is 465. The Morgan fingerprint density at radius 3 is 3.06 bits per heavy atom. The number of aliphatic hydroxyl groups excluding tert-OH is 1. The van der Waals surface area contributed by atoms with Crippen LogP contribution in [0.2, 0.25) is 0 Å². The molecule has 2 heterocycles. The molecule has 1 atom stereocenters. The minimum atomic E-state index is -0.246. The smallest absolute Gasteiger partial charge is 0.126 e. The van der Waals surface area contributed by atoms with Gasteiger partial charge in [-0.2, -0.15) is 0 Å². The molecule has 0 bridgehead atoms. The van der Waals surface area contributed by atoms with E-state index in [1.165, 1.54) is 0 Å². The van der Waals surface area contributed by atoms with E-state index in [1.54, 1.807) is 23.9 Å². The zero-order chi connectivity index (χ0) is 13.0. The van der Waals surface area contributed by atoms with Crippen molar-refractivity contribution in [2.75, 3.05) is 13.6 Å². The van der Waals surface area contributed by atoms with Gasteiger partial charge in [-0.3, -0.25) is 0 Å². The van der Waals surface area contributed by atoms with E-state index in [-0.39, 0.29) is 6.10 Å². The highest BCUT2D eigenvalue weighted by atomic mass is 32.1. The average Bonchev–Trinajstić information content (AvgIpc) is 2.95. The van der Waals surface area contributed by atoms with Gasteiger partial charge in [0.05, 0.1) is 18.1 Å². The van der Waals surface area contributed by atoms with Crippen molar-refractivity contribution < 1.29 is 9.52 Å². The summed E-state index contributed by atoms with van der Waals surface area (Å²) >= 11 is 1.63. The molecule has 0 aliphatic carbocycles. The first-order chi connectivity index (χ1) is 8.65. The van der Waals surface area contributed by atoms with Crippen molar-refractivity contribution >= 4 is 11.3 Å². The minimum absolute atomic E-state index is 0.246. The number of aromatic nitrogens is 1. The number of hydrogen-bond donors (Lipinski definition) is 1. The second-order valence-electron chi connectivity index (χ2n) is 4.53. The van der Waals surface area contributed by atoms with Crippen molar-refractivity contribution in [3.63, 3.8) is 0 Å². The van der Waals surface area contributed by atoms with Gasteiger partial charge in [-0.05, 0) is 26.5 Å². The van der Waals surface area contributed by atoms with Gasteiger partial charge in [-0.15, -0.1) is 11.3 Å². The number of thiazole rings is 1. The van der Waals surface area contributed by atoms with Crippen LogP contribution < -0.4 is 0 Å². The summed E-state index contributed by atoms with van der Waals surface area (Å²) in [5, 5.41) is 12.3. The highest BCUT2D eigenvalue weighted by Crippen LogP contribution is 2.24. The molecular weight excluding hydrogens is 248 g/mol. The van der Waals surface area contributed by atoms with Gasteiger partial charge in [-0.1, -0.05) is 0 Å². The molecule has 0 fully saturated rings. The fourth-order valence-corrected chi connectivity index (χ4v) is 2.46. The molecule has 0 aliphatic heterocycles. The SMILES string of the molecule is CC(O)CCN(C)Cc1csc(-c2ccoc2)n1. The molecule has 2 aromatic rings. The topological polar surface area (TPSA) is 49.5 Å². The third-order valence-corrected chi connectivity index (χ3v) is 3.62. The van der Waals surface area contributed by atoms with E-state index in [0.717, 1.165) is 35.8 Å². The molecule has 1 unspecified atom stereocenters. The molecule has 2 rings (SSSR count). The van der Waals surface area contributed by atoms with Crippen molar-refractivity contribution in [3.8, 4) is 10.6 Å². The summed E-state index contributed by atoms with van der Waals surface area (Å²) < 4.78 is 5.05. The van der Waals surface area contributed by atoms with E-state index in [0.29, 0.717) is 0 Å². The summed E-state index contributed by atoms with van der Waals surface area (Å²) in [6.45, 7) is 3.49. The molecule has 0 saturated carbocycles. The van der Waals surface area contributed by atoms with Gasteiger partial charge in [0.1, 0.15) is 11.3 Å². The fourth-order valence-electron chi connectivity index (χ4n) is 1.66. The zero-order valence-electron chi connectivity index (χ0n) is 10.7. The van der Waals surface area contributed by atoms with Gasteiger partial charge >= 0.3 is 0 Å². The van der Waals surface area contributed by atoms with Crippen LogP contribution in [0.4, 0.5) is 0 Å². The Balaban J connectivity index is 1.90. The fraction of sp³-hybridized carbons (Fsp3) is 0.462. The van der Waals surface area contributed by atoms with E-state index in [9.17, 15) is 5.11 Å². The number of rotatable bonds is 6. The lowest BCUT2D eigenvalue weighted by molar-refractivity contribution is 0.162. The Hall–Kier alpha value is -1.17. The largest absolute Gasteiger partial charge is 0.472 e. The molecule has 5 heteroatoms. The van der Waals surface area contributed by atoms with Crippen LogP contribution >= 0.6 is 11.3 Å². The maximum Gasteiger partial charge on any atom is 0.126 e. The van der Waals surface area contributed by atoms with Crippen LogP contribution in [0.3, 0.4) is 0 Å². The predicted molar refractivity (Wildman–Crippen MR) is 72.4 cm³/mol. The van der Waals surface area contributed by atoms with Crippen LogP contribution in [0.1, 0.15) is 19.0 Å². The average molecular weight is 266 g/mol. The van der Waals surface area contributed by atoms with Crippen molar-refractivity contribution in [2.24, 2.45) is 0 Å². The molecule has 0 saturated heterocycles. The van der Waals surface area contributed by atoms with Crippen molar-refractivity contribution in [3.05, 3.63) is 29.7 Å². The highest BCUT2D eigenvalue weighted by Gasteiger charge is 2.08. The third kappa shape index (κ3) is 3.66. The van der Waals surface area contributed by atoms with Crippen LogP contribution in [0.25, 0.3) is 10.6 Å². The van der Waals surface area contributed by atoms with E-state index in [2.05, 4.69) is 15.3 Å². The Morgan fingerprint density at radius 2 is 2.39 bits per heavy atom. The number of furan rings is 1. The van der Waals surface area contributed by atoms with E-state index in [1.807, 2.05) is 20.0 Å². The molecule has 4 nitrogen and oxygen atoms in total. The lowest BCUT2D eigenvalue weighted by atomic mass is 10.2. The molecule has 98 valence electrons. The molecule has 0 aromatic carbocycles. The second kappa shape index (κ2) is 6.13. The minimum Gasteiger partial charge on any atom is -0.472 e. The number of hydrogen-bond acceptors (Lipinski definition) is 5. The van der Waals surface area contributed by atoms with Crippen LogP contribution in [-0.4, -0.2) is 34.7 Å².